The quantitative estimate of drug-likeness (QED) is 0.783. The van der Waals surface area contributed by atoms with Gasteiger partial charge < -0.3 is 9.47 Å². The Labute approximate surface area is 93.2 Å². The number of halogens is 1. The van der Waals surface area contributed by atoms with Crippen molar-refractivity contribution in [3.8, 4) is 17.2 Å². The summed E-state index contributed by atoms with van der Waals surface area (Å²) < 4.78 is 23.5. The van der Waals surface area contributed by atoms with Crippen LogP contribution in [0.15, 0.2) is 48.5 Å². The minimum atomic E-state index is -0.350. The van der Waals surface area contributed by atoms with Crippen LogP contribution in [0.2, 0.25) is 0 Å². The molecule has 0 heterocycles. The van der Waals surface area contributed by atoms with E-state index >= 15 is 0 Å². The molecule has 0 spiro atoms. The second-order valence-electron chi connectivity index (χ2n) is 3.21. The molecule has 82 valence electrons. The van der Waals surface area contributed by atoms with Crippen LogP contribution in [0, 0.1) is 5.82 Å². The highest BCUT2D eigenvalue weighted by atomic mass is 19.1. The highest BCUT2D eigenvalue weighted by Gasteiger charge is 2.06. The number of hydrogen-bond acceptors (Lipinski definition) is 2. The molecule has 0 amide bonds. The molecule has 0 unspecified atom stereocenters. The maximum Gasteiger partial charge on any atom is 0.169 e. The van der Waals surface area contributed by atoms with Crippen molar-refractivity contribution < 1.29 is 13.9 Å². The molecule has 0 bridgehead atoms. The number of benzene rings is 2. The lowest BCUT2D eigenvalue weighted by Gasteiger charge is -2.09. The number of ether oxygens (including phenoxy) is 2. The first-order valence-electron chi connectivity index (χ1n) is 4.86. The molecule has 2 rings (SSSR count). The van der Waals surface area contributed by atoms with E-state index < -0.39 is 0 Å². The molecule has 0 aliphatic rings. The van der Waals surface area contributed by atoms with Crippen molar-refractivity contribution in [1.29, 1.82) is 0 Å². The Morgan fingerprint density at radius 3 is 2.38 bits per heavy atom. The third kappa shape index (κ3) is 2.31. The Hall–Kier alpha value is -2.03. The molecule has 0 fully saturated rings. The Kier molecular flexibility index (Phi) is 3.05. The minimum Gasteiger partial charge on any atom is -0.493 e. The van der Waals surface area contributed by atoms with Gasteiger partial charge in [0.05, 0.1) is 7.11 Å². The second kappa shape index (κ2) is 4.66. The topological polar surface area (TPSA) is 18.5 Å². The molecule has 0 saturated carbocycles. The van der Waals surface area contributed by atoms with Gasteiger partial charge in [-0.1, -0.05) is 18.2 Å². The summed E-state index contributed by atoms with van der Waals surface area (Å²) in [6.45, 7) is 0. The molecule has 0 aliphatic heterocycles. The second-order valence-corrected chi connectivity index (χ2v) is 3.21. The van der Waals surface area contributed by atoms with Gasteiger partial charge in [0.1, 0.15) is 11.6 Å². The first-order chi connectivity index (χ1) is 7.79. The fraction of sp³-hybridized carbons (Fsp3) is 0.0769. The summed E-state index contributed by atoms with van der Waals surface area (Å²) in [6, 6.07) is 13.4. The van der Waals surface area contributed by atoms with Crippen LogP contribution in [0.1, 0.15) is 0 Å². The highest BCUT2D eigenvalue weighted by molar-refractivity contribution is 5.43. The molecule has 2 nitrogen and oxygen atoms in total. The lowest BCUT2D eigenvalue weighted by atomic mass is 10.3. The molecular weight excluding hydrogens is 207 g/mol. The predicted octanol–water partition coefficient (Wildman–Crippen LogP) is 3.63. The number of hydrogen-bond donors (Lipinski definition) is 0. The van der Waals surface area contributed by atoms with Gasteiger partial charge in [0, 0.05) is 6.07 Å². The summed E-state index contributed by atoms with van der Waals surface area (Å²) in [5, 5.41) is 0. The van der Waals surface area contributed by atoms with Crippen LogP contribution in [0.25, 0.3) is 0 Å². The molecule has 2 aromatic rings. The van der Waals surface area contributed by atoms with Gasteiger partial charge in [-0.05, 0) is 24.3 Å². The zero-order chi connectivity index (χ0) is 11.4. The molecule has 0 atom stereocenters. The molecular formula is C13H11FO2. The normalized spacial score (nSPS) is 9.88. The fourth-order valence-electron chi connectivity index (χ4n) is 1.34. The van der Waals surface area contributed by atoms with Crippen molar-refractivity contribution in [2.24, 2.45) is 0 Å². The molecule has 0 N–H and O–H groups in total. The van der Waals surface area contributed by atoms with Crippen LogP contribution >= 0.6 is 0 Å². The number of methoxy groups -OCH3 is 1. The Balaban J connectivity index is 2.28. The number of rotatable bonds is 3. The van der Waals surface area contributed by atoms with Crippen LogP contribution < -0.4 is 9.47 Å². The van der Waals surface area contributed by atoms with E-state index in [9.17, 15) is 4.39 Å². The molecule has 0 saturated heterocycles. The van der Waals surface area contributed by atoms with E-state index in [-0.39, 0.29) is 5.82 Å². The van der Waals surface area contributed by atoms with Crippen LogP contribution in [0.4, 0.5) is 4.39 Å². The Bertz CT molecular complexity index is 469. The SMILES string of the molecule is COc1cc(F)ccc1Oc1ccccc1. The average molecular weight is 218 g/mol. The van der Waals surface area contributed by atoms with Crippen LogP contribution in [0.5, 0.6) is 17.2 Å². The maximum atomic E-state index is 12.9. The first-order valence-corrected chi connectivity index (χ1v) is 4.86. The van der Waals surface area contributed by atoms with E-state index in [0.717, 1.165) is 0 Å². The van der Waals surface area contributed by atoms with E-state index in [1.54, 1.807) is 6.07 Å². The van der Waals surface area contributed by atoms with Crippen molar-refractivity contribution in [2.75, 3.05) is 7.11 Å². The van der Waals surface area contributed by atoms with Gasteiger partial charge >= 0.3 is 0 Å². The Morgan fingerprint density at radius 2 is 1.69 bits per heavy atom. The zero-order valence-corrected chi connectivity index (χ0v) is 8.81. The molecule has 0 aromatic heterocycles. The average Bonchev–Trinajstić information content (AvgIpc) is 2.33. The largest absolute Gasteiger partial charge is 0.493 e. The maximum absolute atomic E-state index is 12.9. The first kappa shape index (κ1) is 10.5. The summed E-state index contributed by atoms with van der Waals surface area (Å²) in [4.78, 5) is 0. The third-order valence-electron chi connectivity index (χ3n) is 2.10. The highest BCUT2D eigenvalue weighted by Crippen LogP contribution is 2.31. The van der Waals surface area contributed by atoms with E-state index in [1.165, 1.54) is 19.2 Å². The van der Waals surface area contributed by atoms with Crippen molar-refractivity contribution in [1.82, 2.24) is 0 Å². The van der Waals surface area contributed by atoms with Gasteiger partial charge in [-0.2, -0.15) is 0 Å². The summed E-state index contributed by atoms with van der Waals surface area (Å²) in [7, 11) is 1.48. The van der Waals surface area contributed by atoms with Crippen molar-refractivity contribution >= 4 is 0 Å². The lowest BCUT2D eigenvalue weighted by Crippen LogP contribution is -1.90. The van der Waals surface area contributed by atoms with E-state index in [4.69, 9.17) is 9.47 Å². The molecule has 0 radical (unpaired) electrons. The van der Waals surface area contributed by atoms with Crippen LogP contribution in [-0.4, -0.2) is 7.11 Å². The van der Waals surface area contributed by atoms with Gasteiger partial charge in [0.25, 0.3) is 0 Å². The van der Waals surface area contributed by atoms with Crippen LogP contribution in [0.3, 0.4) is 0 Å². The van der Waals surface area contributed by atoms with Gasteiger partial charge in [0.2, 0.25) is 0 Å². The predicted molar refractivity (Wildman–Crippen MR) is 59.5 cm³/mol. The standard InChI is InChI=1S/C13H11FO2/c1-15-13-9-10(14)7-8-12(13)16-11-5-3-2-4-6-11/h2-9H,1H3. The van der Waals surface area contributed by atoms with Gasteiger partial charge in [0.15, 0.2) is 11.5 Å². The molecule has 0 aliphatic carbocycles. The monoisotopic (exact) mass is 218 g/mol. The van der Waals surface area contributed by atoms with E-state index in [2.05, 4.69) is 0 Å². The Morgan fingerprint density at radius 1 is 0.938 bits per heavy atom. The summed E-state index contributed by atoms with van der Waals surface area (Å²) in [6.07, 6.45) is 0. The van der Waals surface area contributed by atoms with Gasteiger partial charge in [-0.3, -0.25) is 0 Å². The molecule has 2 aromatic carbocycles. The molecule has 3 heteroatoms. The van der Waals surface area contributed by atoms with Gasteiger partial charge in [-0.25, -0.2) is 4.39 Å². The van der Waals surface area contributed by atoms with E-state index in [1.807, 2.05) is 30.3 Å². The van der Waals surface area contributed by atoms with Crippen LogP contribution in [-0.2, 0) is 0 Å². The summed E-state index contributed by atoms with van der Waals surface area (Å²) in [5.41, 5.74) is 0. The van der Waals surface area contributed by atoms with Gasteiger partial charge in [-0.15, -0.1) is 0 Å². The molecule has 16 heavy (non-hydrogen) atoms. The fourth-order valence-corrected chi connectivity index (χ4v) is 1.34. The summed E-state index contributed by atoms with van der Waals surface area (Å²) in [5.74, 6) is 1.21. The van der Waals surface area contributed by atoms with Crippen molar-refractivity contribution in [3.05, 3.63) is 54.3 Å². The summed E-state index contributed by atoms with van der Waals surface area (Å²) >= 11 is 0. The van der Waals surface area contributed by atoms with Crippen molar-refractivity contribution in [3.63, 3.8) is 0 Å². The number of para-hydroxylation sites is 1. The van der Waals surface area contributed by atoms with E-state index in [0.29, 0.717) is 17.2 Å². The zero-order valence-electron chi connectivity index (χ0n) is 8.81. The minimum absolute atomic E-state index is 0.350. The lowest BCUT2D eigenvalue weighted by molar-refractivity contribution is 0.375. The smallest absolute Gasteiger partial charge is 0.169 e. The van der Waals surface area contributed by atoms with Crippen molar-refractivity contribution in [2.45, 2.75) is 0 Å². The third-order valence-corrected chi connectivity index (χ3v) is 2.10.